The molecular weight excluding hydrogens is 384 g/mol. The lowest BCUT2D eigenvalue weighted by atomic mass is 10.2. The molecule has 0 aliphatic heterocycles. The van der Waals surface area contributed by atoms with E-state index in [1.54, 1.807) is 13.0 Å². The minimum Gasteiger partial charge on any atom is -0.490 e. The number of benzene rings is 2. The van der Waals surface area contributed by atoms with E-state index in [4.69, 9.17) is 14.2 Å². The summed E-state index contributed by atoms with van der Waals surface area (Å²) in [5, 5.41) is 2.15. The van der Waals surface area contributed by atoms with Crippen molar-refractivity contribution in [2.75, 3.05) is 25.1 Å². The van der Waals surface area contributed by atoms with Gasteiger partial charge in [0, 0.05) is 6.07 Å². The summed E-state index contributed by atoms with van der Waals surface area (Å²) in [6.45, 7) is 6.01. The Balaban J connectivity index is 1.99. The van der Waals surface area contributed by atoms with Crippen molar-refractivity contribution >= 4 is 17.6 Å². The maximum Gasteiger partial charge on any atom is 0.338 e. The van der Waals surface area contributed by atoms with Gasteiger partial charge in [-0.2, -0.15) is 0 Å². The molecule has 6 nitrogen and oxygen atoms in total. The van der Waals surface area contributed by atoms with Crippen LogP contribution in [-0.2, 0) is 9.53 Å². The number of hydrogen-bond donors (Lipinski definition) is 1. The van der Waals surface area contributed by atoms with Gasteiger partial charge in [-0.1, -0.05) is 13.8 Å². The summed E-state index contributed by atoms with van der Waals surface area (Å²) in [6, 6.07) is 7.19. The van der Waals surface area contributed by atoms with Crippen molar-refractivity contribution in [2.24, 2.45) is 5.92 Å². The van der Waals surface area contributed by atoms with Crippen LogP contribution in [0.15, 0.2) is 36.4 Å². The second kappa shape index (κ2) is 10.4. The zero-order valence-electron chi connectivity index (χ0n) is 16.5. The van der Waals surface area contributed by atoms with E-state index < -0.39 is 30.1 Å². The van der Waals surface area contributed by atoms with Crippen LogP contribution in [0.2, 0.25) is 0 Å². The van der Waals surface area contributed by atoms with Crippen LogP contribution in [0.3, 0.4) is 0 Å². The monoisotopic (exact) mass is 407 g/mol. The third kappa shape index (κ3) is 6.74. The molecule has 0 unspecified atom stereocenters. The molecule has 0 saturated carbocycles. The van der Waals surface area contributed by atoms with E-state index in [0.717, 1.165) is 18.2 Å². The van der Waals surface area contributed by atoms with Gasteiger partial charge in [0.05, 0.1) is 24.5 Å². The summed E-state index contributed by atoms with van der Waals surface area (Å²) in [4.78, 5) is 24.1. The van der Waals surface area contributed by atoms with Crippen LogP contribution in [0.5, 0.6) is 11.5 Å². The normalized spacial score (nSPS) is 10.6. The number of anilines is 1. The lowest BCUT2D eigenvalue weighted by Gasteiger charge is -2.14. The maximum atomic E-state index is 13.5. The first-order valence-corrected chi connectivity index (χ1v) is 9.11. The Bertz CT molecular complexity index is 870. The Kier molecular flexibility index (Phi) is 7.94. The van der Waals surface area contributed by atoms with Crippen molar-refractivity contribution in [3.05, 3.63) is 53.6 Å². The minimum atomic E-state index is -0.801. The molecule has 0 spiro atoms. The Hall–Kier alpha value is -3.16. The third-order valence-corrected chi connectivity index (χ3v) is 3.59. The lowest BCUT2D eigenvalue weighted by Crippen LogP contribution is -2.21. The molecule has 0 aromatic heterocycles. The number of amides is 1. The van der Waals surface area contributed by atoms with Crippen LogP contribution in [0.1, 0.15) is 31.1 Å². The molecule has 0 saturated heterocycles. The van der Waals surface area contributed by atoms with Gasteiger partial charge in [0.25, 0.3) is 5.91 Å². The molecule has 2 aromatic rings. The van der Waals surface area contributed by atoms with Gasteiger partial charge in [-0.05, 0) is 43.2 Å². The smallest absolute Gasteiger partial charge is 0.338 e. The average molecular weight is 407 g/mol. The summed E-state index contributed by atoms with van der Waals surface area (Å²) in [5.74, 6) is -1.88. The van der Waals surface area contributed by atoms with Crippen LogP contribution < -0.4 is 14.8 Å². The highest BCUT2D eigenvalue weighted by Gasteiger charge is 2.15. The fraction of sp³-hybridized carbons (Fsp3) is 0.333. The molecule has 0 bridgehead atoms. The first-order valence-electron chi connectivity index (χ1n) is 9.11. The number of halogens is 2. The number of nitrogens with one attached hydrogen (secondary N) is 1. The van der Waals surface area contributed by atoms with E-state index in [9.17, 15) is 18.4 Å². The predicted octanol–water partition coefficient (Wildman–Crippen LogP) is 4.19. The van der Waals surface area contributed by atoms with Gasteiger partial charge in [0.1, 0.15) is 11.6 Å². The number of hydrogen-bond acceptors (Lipinski definition) is 5. The van der Waals surface area contributed by atoms with Crippen LogP contribution in [0.25, 0.3) is 0 Å². The molecule has 2 aromatic carbocycles. The molecule has 156 valence electrons. The quantitative estimate of drug-likeness (QED) is 0.631. The highest BCUT2D eigenvalue weighted by Crippen LogP contribution is 2.29. The summed E-state index contributed by atoms with van der Waals surface area (Å²) >= 11 is 0. The van der Waals surface area contributed by atoms with E-state index in [1.165, 1.54) is 12.1 Å². The number of carbonyl (C=O) groups is 2. The summed E-state index contributed by atoms with van der Waals surface area (Å²) < 4.78 is 42.8. The Morgan fingerprint density at radius 1 is 1.03 bits per heavy atom. The van der Waals surface area contributed by atoms with E-state index in [0.29, 0.717) is 30.6 Å². The zero-order valence-corrected chi connectivity index (χ0v) is 16.5. The highest BCUT2D eigenvalue weighted by molar-refractivity contribution is 5.95. The lowest BCUT2D eigenvalue weighted by molar-refractivity contribution is -0.119. The molecule has 0 aliphatic rings. The van der Waals surface area contributed by atoms with E-state index >= 15 is 0 Å². The predicted molar refractivity (Wildman–Crippen MR) is 103 cm³/mol. The second-order valence-corrected chi connectivity index (χ2v) is 6.55. The average Bonchev–Trinajstić information content (AvgIpc) is 2.68. The molecular formula is C21H23F2NO5. The van der Waals surface area contributed by atoms with E-state index in [1.807, 2.05) is 13.8 Å². The van der Waals surface area contributed by atoms with Gasteiger partial charge in [0.2, 0.25) is 0 Å². The molecule has 0 fully saturated rings. The Morgan fingerprint density at radius 2 is 1.79 bits per heavy atom. The maximum absolute atomic E-state index is 13.5. The van der Waals surface area contributed by atoms with Gasteiger partial charge >= 0.3 is 5.97 Å². The minimum absolute atomic E-state index is 0.162. The van der Waals surface area contributed by atoms with Gasteiger partial charge in [-0.25, -0.2) is 13.6 Å². The van der Waals surface area contributed by atoms with Crippen molar-refractivity contribution in [3.63, 3.8) is 0 Å². The van der Waals surface area contributed by atoms with E-state index in [2.05, 4.69) is 5.32 Å². The van der Waals surface area contributed by atoms with Gasteiger partial charge < -0.3 is 19.5 Å². The fourth-order valence-corrected chi connectivity index (χ4v) is 2.27. The molecule has 1 N–H and O–H groups in total. The van der Waals surface area contributed by atoms with Crippen LogP contribution in [-0.4, -0.2) is 31.7 Å². The largest absolute Gasteiger partial charge is 0.490 e. The number of esters is 1. The first kappa shape index (κ1) is 22.1. The molecule has 8 heteroatoms. The first-order chi connectivity index (χ1) is 13.8. The Labute approximate surface area is 167 Å². The number of ether oxygens (including phenoxy) is 3. The van der Waals surface area contributed by atoms with Crippen LogP contribution >= 0.6 is 0 Å². The highest BCUT2D eigenvalue weighted by atomic mass is 19.1. The number of rotatable bonds is 9. The molecule has 0 atom stereocenters. The summed E-state index contributed by atoms with van der Waals surface area (Å²) in [6.07, 6.45) is 0. The van der Waals surface area contributed by atoms with Crippen molar-refractivity contribution in [3.8, 4) is 11.5 Å². The van der Waals surface area contributed by atoms with Gasteiger partial charge in [0.15, 0.2) is 18.1 Å². The number of carbonyl (C=O) groups excluding carboxylic acids is 2. The second-order valence-electron chi connectivity index (χ2n) is 6.55. The molecule has 0 heterocycles. The van der Waals surface area contributed by atoms with Crippen molar-refractivity contribution in [1.29, 1.82) is 0 Å². The fourth-order valence-electron chi connectivity index (χ4n) is 2.27. The summed E-state index contributed by atoms with van der Waals surface area (Å²) in [5.41, 5.74) is -0.175. The van der Waals surface area contributed by atoms with Crippen LogP contribution in [0.4, 0.5) is 14.5 Å². The van der Waals surface area contributed by atoms with Gasteiger partial charge in [-0.3, -0.25) is 4.79 Å². The van der Waals surface area contributed by atoms with Gasteiger partial charge in [-0.15, -0.1) is 0 Å². The molecule has 0 radical (unpaired) electrons. The molecule has 29 heavy (non-hydrogen) atoms. The zero-order chi connectivity index (χ0) is 21.4. The molecule has 0 aliphatic carbocycles. The third-order valence-electron chi connectivity index (χ3n) is 3.59. The Morgan fingerprint density at radius 3 is 2.48 bits per heavy atom. The van der Waals surface area contributed by atoms with Crippen LogP contribution in [0, 0.1) is 17.6 Å². The molecule has 1 amide bonds. The topological polar surface area (TPSA) is 73.9 Å². The van der Waals surface area contributed by atoms with E-state index in [-0.39, 0.29) is 11.3 Å². The van der Waals surface area contributed by atoms with Crippen molar-refractivity contribution in [2.45, 2.75) is 20.8 Å². The van der Waals surface area contributed by atoms with Crippen molar-refractivity contribution in [1.82, 2.24) is 0 Å². The van der Waals surface area contributed by atoms with Crippen molar-refractivity contribution < 1.29 is 32.6 Å². The standard InChI is InChI=1S/C21H23F2NO5/c1-4-27-19-9-14(5-8-18(19)28-11-13(2)3)21(26)29-12-20(25)24-17-10-15(22)6-7-16(17)23/h5-10,13H,4,11-12H2,1-3H3,(H,24,25). The SMILES string of the molecule is CCOc1cc(C(=O)OCC(=O)Nc2cc(F)ccc2F)ccc1OCC(C)C. The molecule has 2 rings (SSSR count). The summed E-state index contributed by atoms with van der Waals surface area (Å²) in [7, 11) is 0.